The maximum Gasteiger partial charge on any atom is 0.338 e. The van der Waals surface area contributed by atoms with Crippen LogP contribution in [0.4, 0.5) is 0 Å². The highest BCUT2D eigenvalue weighted by Crippen LogP contribution is 2.37. The van der Waals surface area contributed by atoms with E-state index in [2.05, 4.69) is 31.4 Å². The van der Waals surface area contributed by atoms with Crippen LogP contribution in [-0.2, 0) is 9.59 Å². The van der Waals surface area contributed by atoms with Gasteiger partial charge in [-0.15, -0.1) is 0 Å². The summed E-state index contributed by atoms with van der Waals surface area (Å²) < 4.78 is 16.9. The highest BCUT2D eigenvalue weighted by atomic mass is 16.5. The summed E-state index contributed by atoms with van der Waals surface area (Å²) in [6.45, 7) is 10.4. The van der Waals surface area contributed by atoms with Crippen LogP contribution in [0.15, 0.2) is 126 Å². The molecule has 0 atom stereocenters. The Morgan fingerprint density at radius 1 is 0.564 bits per heavy atom. The van der Waals surface area contributed by atoms with E-state index in [4.69, 9.17) is 13.9 Å². The summed E-state index contributed by atoms with van der Waals surface area (Å²) in [4.78, 5) is 23.6. The summed E-state index contributed by atoms with van der Waals surface area (Å²) in [6.07, 6.45) is 0. The van der Waals surface area contributed by atoms with E-state index in [1.165, 1.54) is 0 Å². The molecule has 0 spiro atoms. The molecule has 39 heavy (non-hydrogen) atoms. The molecule has 0 saturated carbocycles. The molecule has 0 amide bonds. The standard InChI is InChI=1S/C34H26O5/c1-21(2)33(35)37-25-15-11-23(12-16-25)27-7-5-9-29-28(27)8-6-10-30(29)32-20-19-31(39-32)24-13-17-26(18-14-24)38-34(36)22(3)4/h5-20H,1,3H2,2,4H3. The second-order valence-corrected chi connectivity index (χ2v) is 9.26. The zero-order valence-corrected chi connectivity index (χ0v) is 21.7. The molecule has 0 N–H and O–H groups in total. The molecule has 5 heteroatoms. The molecular formula is C34H26O5. The zero-order chi connectivity index (χ0) is 27.5. The smallest absolute Gasteiger partial charge is 0.338 e. The van der Waals surface area contributed by atoms with Gasteiger partial charge in [0.15, 0.2) is 0 Å². The summed E-state index contributed by atoms with van der Waals surface area (Å²) in [5.41, 5.74) is 4.58. The number of benzene rings is 4. The maximum absolute atomic E-state index is 11.8. The molecule has 1 aromatic heterocycles. The predicted molar refractivity (Wildman–Crippen MR) is 153 cm³/mol. The van der Waals surface area contributed by atoms with E-state index in [1.807, 2.05) is 54.6 Å². The van der Waals surface area contributed by atoms with Crippen LogP contribution < -0.4 is 9.47 Å². The lowest BCUT2D eigenvalue weighted by atomic mass is 9.95. The van der Waals surface area contributed by atoms with Gasteiger partial charge in [-0.2, -0.15) is 0 Å². The first-order valence-electron chi connectivity index (χ1n) is 12.4. The minimum atomic E-state index is -0.458. The lowest BCUT2D eigenvalue weighted by molar-refractivity contribution is -0.130. The third-order valence-corrected chi connectivity index (χ3v) is 6.22. The molecule has 0 aliphatic heterocycles. The van der Waals surface area contributed by atoms with Crippen molar-refractivity contribution in [2.24, 2.45) is 0 Å². The number of hydrogen-bond donors (Lipinski definition) is 0. The van der Waals surface area contributed by atoms with Crippen molar-refractivity contribution in [1.82, 2.24) is 0 Å². The molecule has 0 fully saturated rings. The molecule has 5 nitrogen and oxygen atoms in total. The molecule has 0 aliphatic rings. The lowest BCUT2D eigenvalue weighted by Crippen LogP contribution is -2.07. The Kier molecular flexibility index (Phi) is 6.98. The first-order chi connectivity index (χ1) is 18.8. The lowest BCUT2D eigenvalue weighted by Gasteiger charge is -2.11. The summed E-state index contributed by atoms with van der Waals surface area (Å²) in [6, 6.07) is 30.8. The number of fused-ring (bicyclic) bond motifs is 1. The molecule has 0 bridgehead atoms. The number of carbonyl (C=O) groups excluding carboxylic acids is 2. The van der Waals surface area contributed by atoms with E-state index in [0.717, 1.165) is 38.8 Å². The van der Waals surface area contributed by atoms with Crippen LogP contribution in [0.5, 0.6) is 11.5 Å². The largest absolute Gasteiger partial charge is 0.456 e. The van der Waals surface area contributed by atoms with E-state index >= 15 is 0 Å². The second-order valence-electron chi connectivity index (χ2n) is 9.26. The number of esters is 2. The topological polar surface area (TPSA) is 65.7 Å². The summed E-state index contributed by atoms with van der Waals surface area (Å²) >= 11 is 0. The van der Waals surface area contributed by atoms with Crippen LogP contribution >= 0.6 is 0 Å². The van der Waals surface area contributed by atoms with Crippen molar-refractivity contribution in [1.29, 1.82) is 0 Å². The Labute approximate surface area is 226 Å². The minimum Gasteiger partial charge on any atom is -0.456 e. The fraction of sp³-hybridized carbons (Fsp3) is 0.0588. The van der Waals surface area contributed by atoms with Crippen molar-refractivity contribution in [3.05, 3.63) is 121 Å². The predicted octanol–water partition coefficient (Wildman–Crippen LogP) is 8.40. The Balaban J connectivity index is 1.43. The van der Waals surface area contributed by atoms with Gasteiger partial charge in [-0.1, -0.05) is 61.7 Å². The molecule has 0 unspecified atom stereocenters. The summed E-state index contributed by atoms with van der Waals surface area (Å²) in [5, 5.41) is 2.12. The van der Waals surface area contributed by atoms with Crippen molar-refractivity contribution in [3.63, 3.8) is 0 Å². The molecule has 4 aromatic carbocycles. The Bertz CT molecular complexity index is 1720. The van der Waals surface area contributed by atoms with Crippen LogP contribution in [0.2, 0.25) is 0 Å². The van der Waals surface area contributed by atoms with Gasteiger partial charge in [0.25, 0.3) is 0 Å². The summed E-state index contributed by atoms with van der Waals surface area (Å²) in [5.74, 6) is 1.46. The highest BCUT2D eigenvalue weighted by Gasteiger charge is 2.13. The average Bonchev–Trinajstić information content (AvgIpc) is 3.43. The fourth-order valence-electron chi connectivity index (χ4n) is 4.19. The Morgan fingerprint density at radius 3 is 1.56 bits per heavy atom. The molecular weight excluding hydrogens is 488 g/mol. The SMILES string of the molecule is C=C(C)C(=O)Oc1ccc(-c2ccc(-c3cccc4c(-c5ccc(OC(=O)C(=C)C)cc5)cccc34)o2)cc1. The van der Waals surface area contributed by atoms with E-state index in [0.29, 0.717) is 28.4 Å². The van der Waals surface area contributed by atoms with E-state index in [-0.39, 0.29) is 0 Å². The number of rotatable bonds is 7. The minimum absolute atomic E-state index is 0.342. The van der Waals surface area contributed by atoms with Gasteiger partial charge in [0.2, 0.25) is 0 Å². The van der Waals surface area contributed by atoms with Gasteiger partial charge >= 0.3 is 11.9 Å². The zero-order valence-electron chi connectivity index (χ0n) is 21.7. The Morgan fingerprint density at radius 2 is 1.03 bits per heavy atom. The number of ether oxygens (including phenoxy) is 2. The highest BCUT2D eigenvalue weighted by molar-refractivity contribution is 6.04. The summed E-state index contributed by atoms with van der Waals surface area (Å²) in [7, 11) is 0. The quantitative estimate of drug-likeness (QED) is 0.124. The van der Waals surface area contributed by atoms with E-state index in [1.54, 1.807) is 38.1 Å². The average molecular weight is 515 g/mol. The van der Waals surface area contributed by atoms with Crippen molar-refractivity contribution in [3.8, 4) is 45.3 Å². The van der Waals surface area contributed by atoms with Gasteiger partial charge in [0.05, 0.1) is 0 Å². The van der Waals surface area contributed by atoms with Gasteiger partial charge in [0, 0.05) is 22.3 Å². The number of furan rings is 1. The maximum atomic E-state index is 11.8. The molecule has 0 aliphatic carbocycles. The third-order valence-electron chi connectivity index (χ3n) is 6.22. The normalized spacial score (nSPS) is 10.7. The van der Waals surface area contributed by atoms with E-state index in [9.17, 15) is 9.59 Å². The van der Waals surface area contributed by atoms with Crippen molar-refractivity contribution in [2.45, 2.75) is 13.8 Å². The first-order valence-corrected chi connectivity index (χ1v) is 12.4. The van der Waals surface area contributed by atoms with Gasteiger partial charge in [-0.3, -0.25) is 0 Å². The van der Waals surface area contributed by atoms with Crippen molar-refractivity contribution >= 4 is 22.7 Å². The van der Waals surface area contributed by atoms with Gasteiger partial charge in [-0.25, -0.2) is 9.59 Å². The van der Waals surface area contributed by atoms with Crippen LogP contribution in [0.1, 0.15) is 13.8 Å². The molecule has 0 saturated heterocycles. The number of carbonyl (C=O) groups is 2. The first kappa shape index (κ1) is 25.5. The molecule has 0 radical (unpaired) electrons. The Hall–Kier alpha value is -5.16. The van der Waals surface area contributed by atoms with Crippen LogP contribution in [-0.4, -0.2) is 11.9 Å². The fourth-order valence-corrected chi connectivity index (χ4v) is 4.19. The van der Waals surface area contributed by atoms with Crippen LogP contribution in [0, 0.1) is 0 Å². The van der Waals surface area contributed by atoms with Crippen LogP contribution in [0.25, 0.3) is 44.5 Å². The molecule has 5 aromatic rings. The second kappa shape index (κ2) is 10.7. The van der Waals surface area contributed by atoms with E-state index < -0.39 is 11.9 Å². The number of hydrogen-bond acceptors (Lipinski definition) is 5. The van der Waals surface area contributed by atoms with Crippen LogP contribution in [0.3, 0.4) is 0 Å². The molecule has 192 valence electrons. The molecule has 5 rings (SSSR count). The van der Waals surface area contributed by atoms with Gasteiger partial charge in [0.1, 0.15) is 23.0 Å². The van der Waals surface area contributed by atoms with Gasteiger partial charge < -0.3 is 13.9 Å². The van der Waals surface area contributed by atoms with Crippen molar-refractivity contribution in [2.75, 3.05) is 0 Å². The monoisotopic (exact) mass is 514 g/mol. The van der Waals surface area contributed by atoms with Gasteiger partial charge in [-0.05, 0) is 84.3 Å². The van der Waals surface area contributed by atoms with Crippen molar-refractivity contribution < 1.29 is 23.5 Å². The molecule has 1 heterocycles. The third kappa shape index (κ3) is 5.43.